The van der Waals surface area contributed by atoms with Gasteiger partial charge >= 0.3 is 17.9 Å². The highest BCUT2D eigenvalue weighted by atomic mass is 16.6. The summed E-state index contributed by atoms with van der Waals surface area (Å²) in [7, 11) is 0. The second-order valence-corrected chi connectivity index (χ2v) is 23.8. The van der Waals surface area contributed by atoms with Gasteiger partial charge in [0.1, 0.15) is 13.2 Å². The van der Waals surface area contributed by atoms with Gasteiger partial charge in [0.15, 0.2) is 6.10 Å². The fraction of sp³-hybridized carbons (Fsp3) is 0.849. The summed E-state index contributed by atoms with van der Waals surface area (Å²) in [4.78, 5) is 38.3. The molecule has 0 saturated carbocycles. The number of rotatable bonds is 65. The third-order valence-electron chi connectivity index (χ3n) is 15.8. The molecule has 0 fully saturated rings. The van der Waals surface area contributed by atoms with Crippen molar-refractivity contribution >= 4 is 17.9 Å². The van der Waals surface area contributed by atoms with Gasteiger partial charge in [0.2, 0.25) is 0 Å². The Morgan fingerprint density at radius 1 is 0.253 bits per heavy atom. The Labute approximate surface area is 492 Å². The van der Waals surface area contributed by atoms with Crippen molar-refractivity contribution in [2.75, 3.05) is 13.2 Å². The molecule has 0 bridgehead atoms. The summed E-state index contributed by atoms with van der Waals surface area (Å²) in [5, 5.41) is 0. The van der Waals surface area contributed by atoms with Crippen LogP contribution in [0.15, 0.2) is 48.6 Å². The monoisotopic (exact) mass is 1110 g/mol. The average Bonchev–Trinajstić information content (AvgIpc) is 3.45. The molecule has 79 heavy (non-hydrogen) atoms. The molecule has 462 valence electrons. The third-order valence-corrected chi connectivity index (χ3v) is 15.8. The van der Waals surface area contributed by atoms with Crippen molar-refractivity contribution in [3.05, 3.63) is 48.6 Å². The third kappa shape index (κ3) is 66.1. The van der Waals surface area contributed by atoms with Crippen LogP contribution >= 0.6 is 0 Å². The molecule has 0 heterocycles. The van der Waals surface area contributed by atoms with Crippen LogP contribution < -0.4 is 0 Å². The maximum atomic E-state index is 12.9. The first-order valence-electron chi connectivity index (χ1n) is 35.1. The summed E-state index contributed by atoms with van der Waals surface area (Å²) >= 11 is 0. The zero-order valence-corrected chi connectivity index (χ0v) is 53.2. The molecule has 1 atom stereocenters. The summed E-state index contributed by atoms with van der Waals surface area (Å²) in [6.45, 7) is 6.66. The highest BCUT2D eigenvalue weighted by Gasteiger charge is 2.19. The minimum Gasteiger partial charge on any atom is -0.462 e. The fourth-order valence-corrected chi connectivity index (χ4v) is 10.5. The van der Waals surface area contributed by atoms with Crippen molar-refractivity contribution in [3.8, 4) is 0 Å². The number of esters is 3. The van der Waals surface area contributed by atoms with Gasteiger partial charge in [-0.15, -0.1) is 0 Å². The molecule has 0 aliphatic carbocycles. The predicted octanol–water partition coefficient (Wildman–Crippen LogP) is 24.1. The Balaban J connectivity index is 4.12. The molecule has 0 aliphatic rings. The lowest BCUT2D eigenvalue weighted by Crippen LogP contribution is -2.30. The van der Waals surface area contributed by atoms with E-state index in [9.17, 15) is 14.4 Å². The molecule has 0 aromatic rings. The van der Waals surface area contributed by atoms with Crippen LogP contribution in [0.25, 0.3) is 0 Å². The predicted molar refractivity (Wildman–Crippen MR) is 344 cm³/mol. The maximum Gasteiger partial charge on any atom is 0.306 e. The van der Waals surface area contributed by atoms with Crippen molar-refractivity contribution in [1.29, 1.82) is 0 Å². The summed E-state index contributed by atoms with van der Waals surface area (Å²) in [5.74, 6) is -0.848. The number of allylic oxidation sites excluding steroid dienone is 8. The van der Waals surface area contributed by atoms with E-state index in [1.54, 1.807) is 0 Å². The topological polar surface area (TPSA) is 78.9 Å². The van der Waals surface area contributed by atoms with Gasteiger partial charge in [0.25, 0.3) is 0 Å². The minimum atomic E-state index is -0.771. The van der Waals surface area contributed by atoms with Crippen molar-refractivity contribution in [2.45, 2.75) is 386 Å². The number of carbonyl (C=O) groups excluding carboxylic acids is 3. The number of hydrogen-bond donors (Lipinski definition) is 0. The lowest BCUT2D eigenvalue weighted by Gasteiger charge is -2.18. The lowest BCUT2D eigenvalue weighted by molar-refractivity contribution is -0.167. The van der Waals surface area contributed by atoms with E-state index in [2.05, 4.69) is 69.4 Å². The molecule has 1 unspecified atom stereocenters. The van der Waals surface area contributed by atoms with Gasteiger partial charge in [-0.1, -0.05) is 326 Å². The number of unbranched alkanes of at least 4 members (excludes halogenated alkanes) is 46. The van der Waals surface area contributed by atoms with E-state index in [4.69, 9.17) is 14.2 Å². The zero-order valence-electron chi connectivity index (χ0n) is 53.2. The van der Waals surface area contributed by atoms with Gasteiger partial charge in [-0.25, -0.2) is 0 Å². The van der Waals surface area contributed by atoms with Crippen molar-refractivity contribution in [3.63, 3.8) is 0 Å². The molecule has 6 nitrogen and oxygen atoms in total. The van der Waals surface area contributed by atoms with E-state index >= 15 is 0 Å². The van der Waals surface area contributed by atoms with Gasteiger partial charge in [0.05, 0.1) is 0 Å². The van der Waals surface area contributed by atoms with E-state index in [-0.39, 0.29) is 31.1 Å². The van der Waals surface area contributed by atoms with E-state index in [1.165, 1.54) is 270 Å². The summed E-state index contributed by atoms with van der Waals surface area (Å²) in [6.07, 6.45) is 85.8. The first-order valence-corrected chi connectivity index (χ1v) is 35.1. The first kappa shape index (κ1) is 76.4. The Bertz CT molecular complexity index is 1360. The summed E-state index contributed by atoms with van der Waals surface area (Å²) < 4.78 is 16.9. The standard InChI is InChI=1S/C73H134O6/c1-4-7-10-13-16-19-21-23-25-27-29-31-33-35-36-38-39-41-43-45-47-49-51-54-57-60-63-66-72(75)78-69-70(68-77-71(74)65-62-59-56-53-18-15-12-9-6-3)79-73(76)67-64-61-58-55-52-50-48-46-44-42-40-37-34-32-30-28-26-24-22-20-17-14-11-8-5-2/h21-24,27-30,70H,4-20,25-26,31-69H2,1-3H3/b23-21-,24-22-,29-27-,30-28-. The van der Waals surface area contributed by atoms with Crippen LogP contribution in [-0.4, -0.2) is 37.2 Å². The van der Waals surface area contributed by atoms with Crippen molar-refractivity contribution < 1.29 is 28.6 Å². The Morgan fingerprint density at radius 2 is 0.456 bits per heavy atom. The minimum absolute atomic E-state index is 0.0686. The highest BCUT2D eigenvalue weighted by Crippen LogP contribution is 2.18. The van der Waals surface area contributed by atoms with Gasteiger partial charge in [-0.2, -0.15) is 0 Å². The Morgan fingerprint density at radius 3 is 0.696 bits per heavy atom. The summed E-state index contributed by atoms with van der Waals surface area (Å²) in [6, 6.07) is 0. The zero-order chi connectivity index (χ0) is 57.1. The Kier molecular flexibility index (Phi) is 65.6. The molecule has 0 aromatic heterocycles. The molecule has 0 spiro atoms. The van der Waals surface area contributed by atoms with Gasteiger partial charge in [-0.05, 0) is 83.5 Å². The van der Waals surface area contributed by atoms with Crippen LogP contribution in [0.3, 0.4) is 0 Å². The van der Waals surface area contributed by atoms with Crippen LogP contribution in [-0.2, 0) is 28.6 Å². The normalized spacial score (nSPS) is 12.3. The van der Waals surface area contributed by atoms with Crippen LogP contribution in [0.1, 0.15) is 380 Å². The maximum absolute atomic E-state index is 12.9. The first-order chi connectivity index (χ1) is 39.0. The second kappa shape index (κ2) is 67.9. The Hall–Kier alpha value is -2.63. The van der Waals surface area contributed by atoms with E-state index in [0.717, 1.165) is 70.6 Å². The molecule has 0 rings (SSSR count). The SMILES string of the molecule is CCCCCCC/C=C\C/C=C\CCCCCCCCCCCCCCCCCC(=O)OCC(COC(=O)CCCCCCCCCCC)OC(=O)CCCCCCCCCCCCCCC/C=C\C/C=C\CCCCCCC. The van der Waals surface area contributed by atoms with E-state index < -0.39 is 6.10 Å². The molecule has 0 amide bonds. The van der Waals surface area contributed by atoms with Crippen molar-refractivity contribution in [2.24, 2.45) is 0 Å². The summed E-state index contributed by atoms with van der Waals surface area (Å²) in [5.41, 5.74) is 0. The number of carbonyl (C=O) groups is 3. The molecular formula is C73H134O6. The molecule has 0 radical (unpaired) electrons. The second-order valence-electron chi connectivity index (χ2n) is 23.8. The molecular weight excluding hydrogens is 973 g/mol. The number of hydrogen-bond acceptors (Lipinski definition) is 6. The average molecular weight is 1110 g/mol. The van der Waals surface area contributed by atoms with Gasteiger partial charge in [-0.3, -0.25) is 14.4 Å². The molecule has 0 saturated heterocycles. The largest absolute Gasteiger partial charge is 0.462 e. The highest BCUT2D eigenvalue weighted by molar-refractivity contribution is 5.71. The number of ether oxygens (including phenoxy) is 3. The van der Waals surface area contributed by atoms with Crippen LogP contribution in [0.5, 0.6) is 0 Å². The molecule has 0 N–H and O–H groups in total. The quantitative estimate of drug-likeness (QED) is 0.0261. The van der Waals surface area contributed by atoms with Crippen LogP contribution in [0.2, 0.25) is 0 Å². The van der Waals surface area contributed by atoms with Crippen LogP contribution in [0, 0.1) is 0 Å². The fourth-order valence-electron chi connectivity index (χ4n) is 10.5. The van der Waals surface area contributed by atoms with E-state index in [0.29, 0.717) is 19.3 Å². The van der Waals surface area contributed by atoms with Gasteiger partial charge < -0.3 is 14.2 Å². The van der Waals surface area contributed by atoms with E-state index in [1.807, 2.05) is 0 Å². The lowest BCUT2D eigenvalue weighted by atomic mass is 10.0. The van der Waals surface area contributed by atoms with Gasteiger partial charge in [0, 0.05) is 19.3 Å². The molecule has 0 aromatic carbocycles. The smallest absolute Gasteiger partial charge is 0.306 e. The van der Waals surface area contributed by atoms with Crippen LogP contribution in [0.4, 0.5) is 0 Å². The molecule has 6 heteroatoms. The van der Waals surface area contributed by atoms with Crippen molar-refractivity contribution in [1.82, 2.24) is 0 Å². The molecule has 0 aliphatic heterocycles.